The van der Waals surface area contributed by atoms with E-state index in [0.29, 0.717) is 38.0 Å². The van der Waals surface area contributed by atoms with Gasteiger partial charge in [0.2, 0.25) is 5.91 Å². The predicted molar refractivity (Wildman–Crippen MR) is 123 cm³/mol. The molecule has 2 aromatic rings. The van der Waals surface area contributed by atoms with Gasteiger partial charge in [-0.15, -0.1) is 0 Å². The van der Waals surface area contributed by atoms with E-state index in [1.54, 1.807) is 18.3 Å². The molecule has 0 radical (unpaired) electrons. The van der Waals surface area contributed by atoms with Gasteiger partial charge in [-0.3, -0.25) is 9.59 Å². The van der Waals surface area contributed by atoms with Gasteiger partial charge in [0.25, 0.3) is 0 Å². The first kappa shape index (κ1) is 23.5. The lowest BCUT2D eigenvalue weighted by molar-refractivity contribution is -0.116. The van der Waals surface area contributed by atoms with Crippen LogP contribution in [0.25, 0.3) is 0 Å². The maximum atomic E-state index is 12.7. The summed E-state index contributed by atoms with van der Waals surface area (Å²) in [6.45, 7) is 1.85. The molecule has 2 aromatic carbocycles. The summed E-state index contributed by atoms with van der Waals surface area (Å²) >= 11 is 0. The van der Waals surface area contributed by atoms with Crippen molar-refractivity contribution in [3.05, 3.63) is 41.5 Å². The number of methoxy groups -OCH3 is 2. The van der Waals surface area contributed by atoms with E-state index in [9.17, 15) is 13.8 Å². The number of hydrogen-bond acceptors (Lipinski definition) is 6. The SMILES string of the molecule is COc1ccc(S(=O)/N=C/CCCOc2ccc3c(c2)CCC(=O)N3)c(C(C)=O)c1OC. The molecule has 1 N–H and O–H groups in total. The summed E-state index contributed by atoms with van der Waals surface area (Å²) in [5, 5.41) is 2.84. The minimum Gasteiger partial charge on any atom is -0.494 e. The number of nitrogens with one attached hydrogen (secondary N) is 1. The zero-order valence-electron chi connectivity index (χ0n) is 18.3. The second-order valence-corrected chi connectivity index (χ2v) is 8.27. The number of ketones is 1. The Kier molecular flexibility index (Phi) is 7.99. The van der Waals surface area contributed by atoms with Crippen LogP contribution in [0.4, 0.5) is 5.69 Å². The molecule has 0 bridgehead atoms. The van der Waals surface area contributed by atoms with Crippen molar-refractivity contribution in [2.24, 2.45) is 4.40 Å². The van der Waals surface area contributed by atoms with Crippen LogP contribution in [-0.4, -0.2) is 42.9 Å². The topological polar surface area (TPSA) is 103 Å². The second kappa shape index (κ2) is 10.9. The van der Waals surface area contributed by atoms with Crippen LogP contribution in [0.2, 0.25) is 0 Å². The summed E-state index contributed by atoms with van der Waals surface area (Å²) in [7, 11) is 1.16. The molecule has 0 saturated carbocycles. The van der Waals surface area contributed by atoms with E-state index in [-0.39, 0.29) is 27.9 Å². The summed E-state index contributed by atoms with van der Waals surface area (Å²) in [5.41, 5.74) is 2.10. The molecule has 0 fully saturated rings. The maximum Gasteiger partial charge on any atom is 0.224 e. The number of nitrogens with zero attached hydrogens (tertiary/aromatic N) is 1. The average molecular weight is 459 g/mol. The number of carbonyl (C=O) groups excluding carboxylic acids is 2. The highest BCUT2D eigenvalue weighted by atomic mass is 32.2. The standard InChI is InChI=1S/C23H26N2O6S/c1-15(26)22-20(10-9-19(29-2)23(22)30-3)32(28)24-12-4-5-13-31-17-7-8-18-16(14-17)6-11-21(27)25-18/h7-10,12,14H,4-6,11,13H2,1-3H3,(H,25,27)/b24-12+. The smallest absolute Gasteiger partial charge is 0.224 e. The van der Waals surface area contributed by atoms with Crippen molar-refractivity contribution in [1.82, 2.24) is 0 Å². The third kappa shape index (κ3) is 5.53. The fourth-order valence-electron chi connectivity index (χ4n) is 3.38. The monoisotopic (exact) mass is 458 g/mol. The Labute approximate surface area is 189 Å². The maximum absolute atomic E-state index is 12.7. The first-order valence-electron chi connectivity index (χ1n) is 10.2. The fraction of sp³-hybridized carbons (Fsp3) is 0.348. The molecular formula is C23H26N2O6S. The van der Waals surface area contributed by atoms with Crippen molar-refractivity contribution in [2.45, 2.75) is 37.5 Å². The van der Waals surface area contributed by atoms with Crippen LogP contribution in [0, 0.1) is 0 Å². The molecule has 9 heteroatoms. The van der Waals surface area contributed by atoms with Crippen LogP contribution in [-0.2, 0) is 22.2 Å². The molecule has 170 valence electrons. The molecule has 0 spiro atoms. The Morgan fingerprint density at radius 1 is 1.19 bits per heavy atom. The number of ether oxygens (including phenoxy) is 3. The van der Waals surface area contributed by atoms with Gasteiger partial charge < -0.3 is 19.5 Å². The van der Waals surface area contributed by atoms with E-state index in [0.717, 1.165) is 17.0 Å². The van der Waals surface area contributed by atoms with Crippen LogP contribution in [0.3, 0.4) is 0 Å². The van der Waals surface area contributed by atoms with Gasteiger partial charge in [0.15, 0.2) is 28.3 Å². The fourth-order valence-corrected chi connectivity index (χ4v) is 4.33. The van der Waals surface area contributed by atoms with E-state index >= 15 is 0 Å². The first-order valence-corrected chi connectivity index (χ1v) is 11.3. The summed E-state index contributed by atoms with van der Waals surface area (Å²) in [5.74, 6) is 1.14. The van der Waals surface area contributed by atoms with Crippen molar-refractivity contribution < 1.29 is 28.0 Å². The lowest BCUT2D eigenvalue weighted by atomic mass is 10.0. The molecule has 1 aliphatic heterocycles. The highest BCUT2D eigenvalue weighted by molar-refractivity contribution is 7.84. The summed E-state index contributed by atoms with van der Waals surface area (Å²) < 4.78 is 33.0. The zero-order valence-corrected chi connectivity index (χ0v) is 19.1. The van der Waals surface area contributed by atoms with Gasteiger partial charge in [0, 0.05) is 18.3 Å². The summed E-state index contributed by atoms with van der Waals surface area (Å²) in [4.78, 5) is 23.8. The molecule has 1 heterocycles. The van der Waals surface area contributed by atoms with Crippen LogP contribution >= 0.6 is 0 Å². The molecule has 1 atom stereocenters. The van der Waals surface area contributed by atoms with Crippen molar-refractivity contribution in [2.75, 3.05) is 26.1 Å². The zero-order chi connectivity index (χ0) is 23.1. The number of rotatable bonds is 10. The highest BCUT2D eigenvalue weighted by Gasteiger charge is 2.22. The Balaban J connectivity index is 1.54. The molecular weight excluding hydrogens is 432 g/mol. The second-order valence-electron chi connectivity index (χ2n) is 7.13. The predicted octanol–water partition coefficient (Wildman–Crippen LogP) is 3.74. The van der Waals surface area contributed by atoms with Gasteiger partial charge in [-0.2, -0.15) is 4.40 Å². The lowest BCUT2D eigenvalue weighted by Crippen LogP contribution is -2.18. The van der Waals surface area contributed by atoms with Crippen molar-refractivity contribution in [1.29, 1.82) is 0 Å². The van der Waals surface area contributed by atoms with Crippen molar-refractivity contribution >= 4 is 34.6 Å². The van der Waals surface area contributed by atoms with Gasteiger partial charge in [-0.25, -0.2) is 4.21 Å². The number of benzene rings is 2. The van der Waals surface area contributed by atoms with E-state index < -0.39 is 11.0 Å². The lowest BCUT2D eigenvalue weighted by Gasteiger charge is -2.17. The van der Waals surface area contributed by atoms with Gasteiger partial charge >= 0.3 is 0 Å². The van der Waals surface area contributed by atoms with Crippen molar-refractivity contribution in [3.63, 3.8) is 0 Å². The van der Waals surface area contributed by atoms with Crippen LogP contribution in [0.15, 0.2) is 39.6 Å². The molecule has 0 aliphatic carbocycles. The Bertz CT molecular complexity index is 1070. The number of anilines is 1. The van der Waals surface area contributed by atoms with Crippen molar-refractivity contribution in [3.8, 4) is 17.2 Å². The van der Waals surface area contributed by atoms with Gasteiger partial charge in [-0.1, -0.05) is 0 Å². The van der Waals surface area contributed by atoms with Crippen LogP contribution in [0.1, 0.15) is 42.1 Å². The molecule has 1 aliphatic rings. The molecule has 1 unspecified atom stereocenters. The number of amides is 1. The minimum absolute atomic E-state index is 0.0337. The number of hydrogen-bond donors (Lipinski definition) is 1. The molecule has 3 rings (SSSR count). The number of Topliss-reactive ketones (excluding diaryl/α,β-unsaturated/α-hetero) is 1. The Morgan fingerprint density at radius 3 is 2.72 bits per heavy atom. The molecule has 32 heavy (non-hydrogen) atoms. The van der Waals surface area contributed by atoms with Crippen LogP contribution in [0.5, 0.6) is 17.2 Å². The van der Waals surface area contributed by atoms with E-state index in [2.05, 4.69) is 9.71 Å². The number of unbranched alkanes of at least 4 members (excludes halogenated alkanes) is 1. The third-order valence-electron chi connectivity index (χ3n) is 4.94. The van der Waals surface area contributed by atoms with Crippen LogP contribution < -0.4 is 19.5 Å². The summed E-state index contributed by atoms with van der Waals surface area (Å²) in [6, 6.07) is 8.79. The molecule has 0 saturated heterocycles. The van der Waals surface area contributed by atoms with E-state index in [4.69, 9.17) is 14.2 Å². The normalized spacial score (nSPS) is 13.9. The molecule has 8 nitrogen and oxygen atoms in total. The van der Waals surface area contributed by atoms with Gasteiger partial charge in [0.1, 0.15) is 5.75 Å². The molecule has 1 amide bonds. The van der Waals surface area contributed by atoms with Gasteiger partial charge in [0.05, 0.1) is 31.3 Å². The third-order valence-corrected chi connectivity index (χ3v) is 5.99. The highest BCUT2D eigenvalue weighted by Crippen LogP contribution is 2.35. The first-order chi connectivity index (χ1) is 15.4. The minimum atomic E-state index is -1.75. The number of carbonyl (C=O) groups is 2. The largest absolute Gasteiger partial charge is 0.494 e. The van der Waals surface area contributed by atoms with E-state index in [1.807, 2.05) is 18.2 Å². The Hall–Kier alpha value is -3.20. The summed E-state index contributed by atoms with van der Waals surface area (Å²) in [6.07, 6.45) is 4.00. The average Bonchev–Trinajstić information content (AvgIpc) is 2.79. The quantitative estimate of drug-likeness (QED) is 0.330. The number of fused-ring (bicyclic) bond motifs is 1. The number of aryl methyl sites for hydroxylation is 1. The Morgan fingerprint density at radius 2 is 2.00 bits per heavy atom. The van der Waals surface area contributed by atoms with Gasteiger partial charge in [-0.05, 0) is 62.1 Å². The van der Waals surface area contributed by atoms with E-state index in [1.165, 1.54) is 21.1 Å². The molecule has 0 aromatic heterocycles.